The third-order valence-electron chi connectivity index (χ3n) is 5.88. The number of rotatable bonds is 5. The van der Waals surface area contributed by atoms with Crippen molar-refractivity contribution in [3.05, 3.63) is 60.9 Å². The Morgan fingerprint density at radius 3 is 2.72 bits per heavy atom. The summed E-state index contributed by atoms with van der Waals surface area (Å²) in [5, 5.41) is 8.09. The van der Waals surface area contributed by atoms with Gasteiger partial charge >= 0.3 is 0 Å². The van der Waals surface area contributed by atoms with Gasteiger partial charge in [-0.25, -0.2) is 15.0 Å². The first-order chi connectivity index (χ1) is 15.6. The van der Waals surface area contributed by atoms with Crippen LogP contribution in [0.5, 0.6) is 0 Å². The summed E-state index contributed by atoms with van der Waals surface area (Å²) in [6.45, 7) is 8.45. The van der Waals surface area contributed by atoms with Gasteiger partial charge < -0.3 is 20.5 Å². The minimum Gasteiger partial charge on any atom is -0.361 e. The number of fused-ring (bicyclic) bond motifs is 1. The highest BCUT2D eigenvalue weighted by Crippen LogP contribution is 2.33. The Morgan fingerprint density at radius 2 is 1.94 bits per heavy atom. The Kier molecular flexibility index (Phi) is 5.45. The van der Waals surface area contributed by atoms with E-state index in [0.717, 1.165) is 52.6 Å². The number of hydrogen-bond acceptors (Lipinski definition) is 7. The zero-order chi connectivity index (χ0) is 22.1. The van der Waals surface area contributed by atoms with Gasteiger partial charge in [-0.2, -0.15) is 0 Å². The molecule has 0 radical (unpaired) electrons. The van der Waals surface area contributed by atoms with Crippen molar-refractivity contribution >= 4 is 22.7 Å². The van der Waals surface area contributed by atoms with Crippen molar-refractivity contribution in [1.82, 2.24) is 30.2 Å². The molecule has 5 rings (SSSR count). The van der Waals surface area contributed by atoms with E-state index in [1.807, 2.05) is 24.5 Å². The summed E-state index contributed by atoms with van der Waals surface area (Å²) in [4.78, 5) is 23.8. The fourth-order valence-electron chi connectivity index (χ4n) is 4.47. The highest BCUT2D eigenvalue weighted by atomic mass is 15.3. The number of anilines is 2. The van der Waals surface area contributed by atoms with Crippen LogP contribution in [0.15, 0.2) is 55.2 Å². The van der Waals surface area contributed by atoms with E-state index in [-0.39, 0.29) is 6.04 Å². The second kappa shape index (κ2) is 8.55. The van der Waals surface area contributed by atoms with Crippen molar-refractivity contribution in [2.24, 2.45) is 0 Å². The fraction of sp³-hybridized carbons (Fsp3) is 0.333. The van der Waals surface area contributed by atoms with Crippen molar-refractivity contribution in [3.63, 3.8) is 0 Å². The molecule has 164 valence electrons. The number of aromatic amines is 1. The maximum Gasteiger partial charge on any atom is 0.143 e. The molecule has 1 aliphatic rings. The van der Waals surface area contributed by atoms with Crippen LogP contribution >= 0.6 is 0 Å². The molecule has 0 amide bonds. The molecule has 0 bridgehead atoms. The van der Waals surface area contributed by atoms with E-state index in [9.17, 15) is 0 Å². The largest absolute Gasteiger partial charge is 0.361 e. The number of H-pyrrole nitrogens is 1. The van der Waals surface area contributed by atoms with Gasteiger partial charge in [0.15, 0.2) is 0 Å². The van der Waals surface area contributed by atoms with Crippen LogP contribution in [0.2, 0.25) is 0 Å². The monoisotopic (exact) mass is 428 g/mol. The van der Waals surface area contributed by atoms with Crippen LogP contribution in [-0.4, -0.2) is 50.1 Å². The van der Waals surface area contributed by atoms with Crippen molar-refractivity contribution in [2.75, 3.05) is 23.3 Å². The standard InChI is InChI=1S/C24H28N8/c1-15-12-32(13-16(2)29-15)21-8-4-7-20(31-21)17(3)30-24-22-19(18-6-5-9-25-10-18)11-26-23(22)27-14-28-24/h4-11,14-17,29H,12-13H2,1-3H3,(H2,26,27,28,30)/t15-,16+,17-/m0/s1. The van der Waals surface area contributed by atoms with Crippen LogP contribution in [0.3, 0.4) is 0 Å². The van der Waals surface area contributed by atoms with Crippen LogP contribution in [0.4, 0.5) is 11.6 Å². The summed E-state index contributed by atoms with van der Waals surface area (Å²) in [5.41, 5.74) is 3.81. The normalized spacial score (nSPS) is 19.8. The Balaban J connectivity index is 1.43. The third kappa shape index (κ3) is 4.01. The van der Waals surface area contributed by atoms with Gasteiger partial charge in [0, 0.05) is 54.9 Å². The fourth-order valence-corrected chi connectivity index (χ4v) is 4.47. The maximum atomic E-state index is 4.98. The molecule has 1 fully saturated rings. The number of piperazine rings is 1. The summed E-state index contributed by atoms with van der Waals surface area (Å²) < 4.78 is 0. The molecule has 5 heterocycles. The zero-order valence-corrected chi connectivity index (χ0v) is 18.6. The SMILES string of the molecule is C[C@@H]1CN(c2cccc([C@H](C)Nc3ncnc4[nH]cc(-c5cccnc5)c34)n2)C[C@H](C)N1. The van der Waals surface area contributed by atoms with E-state index in [1.165, 1.54) is 0 Å². The maximum absolute atomic E-state index is 4.98. The lowest BCUT2D eigenvalue weighted by Crippen LogP contribution is -2.54. The minimum atomic E-state index is -0.0255. The van der Waals surface area contributed by atoms with Crippen molar-refractivity contribution in [1.29, 1.82) is 0 Å². The van der Waals surface area contributed by atoms with E-state index in [2.05, 4.69) is 74.4 Å². The minimum absolute atomic E-state index is 0.0255. The van der Waals surface area contributed by atoms with Crippen molar-refractivity contribution < 1.29 is 0 Å². The first kappa shape index (κ1) is 20.4. The molecule has 1 saturated heterocycles. The molecule has 32 heavy (non-hydrogen) atoms. The number of hydrogen-bond donors (Lipinski definition) is 3. The Bertz CT molecular complexity index is 1200. The Morgan fingerprint density at radius 1 is 1.09 bits per heavy atom. The van der Waals surface area contributed by atoms with Gasteiger partial charge in [-0.15, -0.1) is 0 Å². The third-order valence-corrected chi connectivity index (χ3v) is 5.88. The first-order valence-electron chi connectivity index (χ1n) is 11.1. The number of nitrogens with one attached hydrogen (secondary N) is 3. The van der Waals surface area contributed by atoms with E-state index in [1.54, 1.807) is 12.5 Å². The van der Waals surface area contributed by atoms with Crippen LogP contribution in [-0.2, 0) is 0 Å². The molecular formula is C24H28N8. The number of nitrogens with zero attached hydrogens (tertiary/aromatic N) is 5. The van der Waals surface area contributed by atoms with Crippen molar-refractivity contribution in [3.8, 4) is 11.1 Å². The predicted molar refractivity (Wildman–Crippen MR) is 128 cm³/mol. The number of aromatic nitrogens is 5. The average molecular weight is 429 g/mol. The second-order valence-corrected chi connectivity index (χ2v) is 8.55. The molecule has 3 N–H and O–H groups in total. The molecule has 0 aliphatic carbocycles. The van der Waals surface area contributed by atoms with Gasteiger partial charge in [0.05, 0.1) is 17.1 Å². The molecule has 0 saturated carbocycles. The highest BCUT2D eigenvalue weighted by Gasteiger charge is 2.23. The molecule has 0 unspecified atom stereocenters. The van der Waals surface area contributed by atoms with Gasteiger partial charge in [-0.05, 0) is 39.0 Å². The second-order valence-electron chi connectivity index (χ2n) is 8.55. The smallest absolute Gasteiger partial charge is 0.143 e. The van der Waals surface area contributed by atoms with E-state index in [0.29, 0.717) is 12.1 Å². The summed E-state index contributed by atoms with van der Waals surface area (Å²) in [6.07, 6.45) is 7.16. The molecule has 4 aromatic heterocycles. The summed E-state index contributed by atoms with van der Waals surface area (Å²) >= 11 is 0. The molecule has 8 heteroatoms. The quantitative estimate of drug-likeness (QED) is 0.445. The molecule has 1 aliphatic heterocycles. The van der Waals surface area contributed by atoms with Crippen LogP contribution < -0.4 is 15.5 Å². The topological polar surface area (TPSA) is 94.6 Å². The van der Waals surface area contributed by atoms with E-state index < -0.39 is 0 Å². The molecule has 8 nitrogen and oxygen atoms in total. The predicted octanol–water partition coefficient (Wildman–Crippen LogP) is 3.77. The average Bonchev–Trinajstić information content (AvgIpc) is 3.24. The summed E-state index contributed by atoms with van der Waals surface area (Å²) in [7, 11) is 0. The van der Waals surface area contributed by atoms with Gasteiger partial charge in [0.25, 0.3) is 0 Å². The van der Waals surface area contributed by atoms with Crippen LogP contribution in [0.25, 0.3) is 22.2 Å². The molecular weight excluding hydrogens is 400 g/mol. The van der Waals surface area contributed by atoms with Gasteiger partial charge in [0.2, 0.25) is 0 Å². The lowest BCUT2D eigenvalue weighted by Gasteiger charge is -2.37. The first-order valence-corrected chi connectivity index (χ1v) is 11.1. The van der Waals surface area contributed by atoms with Crippen molar-refractivity contribution in [2.45, 2.75) is 38.9 Å². The lowest BCUT2D eigenvalue weighted by atomic mass is 10.1. The van der Waals surface area contributed by atoms with Gasteiger partial charge in [0.1, 0.15) is 23.6 Å². The summed E-state index contributed by atoms with van der Waals surface area (Å²) in [5.74, 6) is 1.79. The van der Waals surface area contributed by atoms with Crippen LogP contribution in [0, 0.1) is 0 Å². The van der Waals surface area contributed by atoms with E-state index >= 15 is 0 Å². The lowest BCUT2D eigenvalue weighted by molar-refractivity contribution is 0.405. The molecule has 4 aromatic rings. The highest BCUT2D eigenvalue weighted by molar-refractivity contribution is 6.00. The van der Waals surface area contributed by atoms with E-state index in [4.69, 9.17) is 4.98 Å². The van der Waals surface area contributed by atoms with Gasteiger partial charge in [-0.1, -0.05) is 12.1 Å². The van der Waals surface area contributed by atoms with Crippen LogP contribution in [0.1, 0.15) is 32.5 Å². The molecule has 0 aromatic carbocycles. The Labute approximate surface area is 187 Å². The Hall–Kier alpha value is -3.52. The zero-order valence-electron chi connectivity index (χ0n) is 18.6. The number of pyridine rings is 2. The molecule has 0 spiro atoms. The summed E-state index contributed by atoms with van der Waals surface area (Å²) in [6, 6.07) is 11.1. The molecule has 3 atom stereocenters. The van der Waals surface area contributed by atoms with Gasteiger partial charge in [-0.3, -0.25) is 4.98 Å².